The summed E-state index contributed by atoms with van der Waals surface area (Å²) < 4.78 is 0. The van der Waals surface area contributed by atoms with Crippen molar-refractivity contribution in [3.63, 3.8) is 0 Å². The summed E-state index contributed by atoms with van der Waals surface area (Å²) in [5, 5.41) is 0. The van der Waals surface area contributed by atoms with Crippen LogP contribution < -0.4 is 0 Å². The highest BCUT2D eigenvalue weighted by molar-refractivity contribution is 7.16. The average Bonchev–Trinajstić information content (AvgIpc) is 2.52. The van der Waals surface area contributed by atoms with Gasteiger partial charge in [-0.3, -0.25) is 9.59 Å². The van der Waals surface area contributed by atoms with Crippen molar-refractivity contribution in [1.29, 1.82) is 0 Å². The second kappa shape index (κ2) is 4.33. The van der Waals surface area contributed by atoms with Gasteiger partial charge in [0.2, 0.25) is 0 Å². The minimum absolute atomic E-state index is 0.0283. The van der Waals surface area contributed by atoms with E-state index in [1.54, 1.807) is 12.1 Å². The lowest BCUT2D eigenvalue weighted by Gasteiger charge is -1.91. The summed E-state index contributed by atoms with van der Waals surface area (Å²) in [5.41, 5.74) is 0. The summed E-state index contributed by atoms with van der Waals surface area (Å²) in [4.78, 5) is 23.7. The first-order chi connectivity index (χ1) is 6.15. The Hall–Kier alpha value is -0.960. The highest BCUT2D eigenvalue weighted by atomic mass is 32.1. The maximum atomic E-state index is 11.4. The fourth-order valence-corrected chi connectivity index (χ4v) is 1.90. The lowest BCUT2D eigenvalue weighted by atomic mass is 10.2. The maximum absolute atomic E-state index is 11.4. The van der Waals surface area contributed by atoms with Gasteiger partial charge in [-0.15, -0.1) is 11.3 Å². The number of Topliss-reactive ketones (excluding diaryl/α,β-unsaturated/α-hetero) is 2. The molecule has 0 amide bonds. The highest BCUT2D eigenvalue weighted by Gasteiger charge is 2.09. The molecule has 0 saturated carbocycles. The molecule has 0 bridgehead atoms. The number of hydrogen-bond donors (Lipinski definition) is 0. The third-order valence-electron chi connectivity index (χ3n) is 1.70. The van der Waals surface area contributed by atoms with Crippen LogP contribution in [-0.4, -0.2) is 11.6 Å². The first-order valence-electron chi connectivity index (χ1n) is 4.29. The van der Waals surface area contributed by atoms with Crippen LogP contribution >= 0.6 is 11.3 Å². The zero-order chi connectivity index (χ0) is 9.84. The first-order valence-corrected chi connectivity index (χ1v) is 5.10. The van der Waals surface area contributed by atoms with E-state index in [0.717, 1.165) is 6.42 Å². The molecule has 13 heavy (non-hydrogen) atoms. The lowest BCUT2D eigenvalue weighted by Crippen LogP contribution is -1.93. The summed E-state index contributed by atoms with van der Waals surface area (Å²) in [5.74, 6) is 0.167. The van der Waals surface area contributed by atoms with E-state index in [0.29, 0.717) is 16.2 Å². The quantitative estimate of drug-likeness (QED) is 0.694. The molecule has 0 radical (unpaired) electrons. The molecule has 1 heterocycles. The van der Waals surface area contributed by atoms with Crippen molar-refractivity contribution in [2.24, 2.45) is 0 Å². The molecule has 70 valence electrons. The van der Waals surface area contributed by atoms with Crippen LogP contribution in [0.2, 0.25) is 0 Å². The zero-order valence-corrected chi connectivity index (χ0v) is 8.61. The largest absolute Gasteiger partial charge is 0.294 e. The number of rotatable bonds is 4. The molecule has 0 spiro atoms. The van der Waals surface area contributed by atoms with E-state index in [4.69, 9.17) is 0 Å². The van der Waals surface area contributed by atoms with Crippen LogP contribution in [0.3, 0.4) is 0 Å². The van der Waals surface area contributed by atoms with Crippen molar-refractivity contribution in [1.82, 2.24) is 0 Å². The van der Waals surface area contributed by atoms with E-state index in [-0.39, 0.29) is 11.6 Å². The van der Waals surface area contributed by atoms with Gasteiger partial charge in [0.05, 0.1) is 9.75 Å². The molecule has 3 heteroatoms. The molecule has 0 aromatic carbocycles. The molecule has 0 aliphatic rings. The van der Waals surface area contributed by atoms with Gasteiger partial charge in [0.15, 0.2) is 11.6 Å². The first kappa shape index (κ1) is 10.1. The third-order valence-corrected chi connectivity index (χ3v) is 2.93. The highest BCUT2D eigenvalue weighted by Crippen LogP contribution is 2.18. The second-order valence-electron chi connectivity index (χ2n) is 2.89. The van der Waals surface area contributed by atoms with Gasteiger partial charge in [0.25, 0.3) is 0 Å². The van der Waals surface area contributed by atoms with E-state index in [1.165, 1.54) is 18.3 Å². The minimum Gasteiger partial charge on any atom is -0.294 e. The predicted molar refractivity (Wildman–Crippen MR) is 53.6 cm³/mol. The topological polar surface area (TPSA) is 34.1 Å². The molecule has 0 unspecified atom stereocenters. The van der Waals surface area contributed by atoms with Crippen molar-refractivity contribution in [2.45, 2.75) is 26.7 Å². The Labute approximate surface area is 81.6 Å². The smallest absolute Gasteiger partial charge is 0.172 e. The van der Waals surface area contributed by atoms with Crippen LogP contribution in [-0.2, 0) is 0 Å². The number of carbonyl (C=O) groups excluding carboxylic acids is 2. The molecule has 1 aromatic rings. The number of hydrogen-bond acceptors (Lipinski definition) is 3. The van der Waals surface area contributed by atoms with E-state index in [9.17, 15) is 9.59 Å². The van der Waals surface area contributed by atoms with Gasteiger partial charge in [-0.2, -0.15) is 0 Å². The Balaban J connectivity index is 2.79. The van der Waals surface area contributed by atoms with Crippen molar-refractivity contribution < 1.29 is 9.59 Å². The van der Waals surface area contributed by atoms with Crippen molar-refractivity contribution in [3.8, 4) is 0 Å². The Morgan fingerprint density at radius 2 is 1.92 bits per heavy atom. The fourth-order valence-electron chi connectivity index (χ4n) is 1.03. The Morgan fingerprint density at radius 3 is 2.38 bits per heavy atom. The SMILES string of the molecule is CCCC(=O)c1ccc(C(C)=O)s1. The summed E-state index contributed by atoms with van der Waals surface area (Å²) >= 11 is 1.29. The zero-order valence-electron chi connectivity index (χ0n) is 7.79. The van der Waals surface area contributed by atoms with Crippen molar-refractivity contribution in [2.75, 3.05) is 0 Å². The fraction of sp³-hybridized carbons (Fsp3) is 0.400. The van der Waals surface area contributed by atoms with Crippen LogP contribution in [0.15, 0.2) is 12.1 Å². The monoisotopic (exact) mass is 196 g/mol. The third kappa shape index (κ3) is 2.49. The van der Waals surface area contributed by atoms with Crippen molar-refractivity contribution >= 4 is 22.9 Å². The van der Waals surface area contributed by atoms with Gasteiger partial charge in [-0.25, -0.2) is 0 Å². The molecule has 0 aliphatic heterocycles. The van der Waals surface area contributed by atoms with Gasteiger partial charge < -0.3 is 0 Å². The molecular formula is C10H12O2S. The molecule has 0 atom stereocenters. The molecule has 0 fully saturated rings. The van der Waals surface area contributed by atoms with Crippen molar-refractivity contribution in [3.05, 3.63) is 21.9 Å². The van der Waals surface area contributed by atoms with E-state index in [1.807, 2.05) is 6.92 Å². The normalized spacial score (nSPS) is 10.0. The van der Waals surface area contributed by atoms with Gasteiger partial charge in [-0.1, -0.05) is 6.92 Å². The van der Waals surface area contributed by atoms with Gasteiger partial charge in [0.1, 0.15) is 0 Å². The molecule has 0 N–H and O–H groups in total. The molecule has 2 nitrogen and oxygen atoms in total. The maximum Gasteiger partial charge on any atom is 0.172 e. The molecule has 0 aliphatic carbocycles. The molecule has 1 aromatic heterocycles. The lowest BCUT2D eigenvalue weighted by molar-refractivity contribution is 0.0984. The van der Waals surface area contributed by atoms with Crippen LogP contribution in [0.25, 0.3) is 0 Å². The molecule has 1 rings (SSSR count). The number of thiophene rings is 1. The van der Waals surface area contributed by atoms with Gasteiger partial charge >= 0.3 is 0 Å². The average molecular weight is 196 g/mol. The Bertz CT molecular complexity index is 325. The standard InChI is InChI=1S/C10H12O2S/c1-3-4-8(12)10-6-5-9(13-10)7(2)11/h5-6H,3-4H2,1-2H3. The molecular weight excluding hydrogens is 184 g/mol. The van der Waals surface area contributed by atoms with Gasteiger partial charge in [-0.05, 0) is 25.5 Å². The predicted octanol–water partition coefficient (Wildman–Crippen LogP) is 2.93. The van der Waals surface area contributed by atoms with Crippen LogP contribution in [0, 0.1) is 0 Å². The number of ketones is 2. The molecule has 0 saturated heterocycles. The van der Waals surface area contributed by atoms with E-state index in [2.05, 4.69) is 0 Å². The van der Waals surface area contributed by atoms with Crippen LogP contribution in [0.5, 0.6) is 0 Å². The summed E-state index contributed by atoms with van der Waals surface area (Å²) in [6.07, 6.45) is 1.42. The summed E-state index contributed by atoms with van der Waals surface area (Å²) in [6.45, 7) is 3.48. The van der Waals surface area contributed by atoms with Crippen LogP contribution in [0.1, 0.15) is 46.0 Å². The second-order valence-corrected chi connectivity index (χ2v) is 3.98. The summed E-state index contributed by atoms with van der Waals surface area (Å²) in [6, 6.07) is 3.45. The summed E-state index contributed by atoms with van der Waals surface area (Å²) in [7, 11) is 0. The van der Waals surface area contributed by atoms with E-state index >= 15 is 0 Å². The van der Waals surface area contributed by atoms with Crippen LogP contribution in [0.4, 0.5) is 0 Å². The Morgan fingerprint density at radius 1 is 1.31 bits per heavy atom. The number of carbonyl (C=O) groups is 2. The van der Waals surface area contributed by atoms with Gasteiger partial charge in [0, 0.05) is 6.42 Å². The van der Waals surface area contributed by atoms with E-state index < -0.39 is 0 Å². The minimum atomic E-state index is 0.0283. The Kier molecular flexibility index (Phi) is 3.37.